The van der Waals surface area contributed by atoms with Gasteiger partial charge in [0.2, 0.25) is 0 Å². The highest BCUT2D eigenvalue weighted by molar-refractivity contribution is 7.71. The molecule has 2 aromatic rings. The van der Waals surface area contributed by atoms with E-state index in [1.165, 1.54) is 38.5 Å². The molecule has 0 N–H and O–H groups in total. The molecule has 1 saturated carbocycles. The molecule has 1 saturated heterocycles. The first-order valence-electron chi connectivity index (χ1n) is 9.70. The molecule has 6 heteroatoms. The summed E-state index contributed by atoms with van der Waals surface area (Å²) in [5.41, 5.74) is 0.983. The number of piperidine rings is 1. The van der Waals surface area contributed by atoms with Gasteiger partial charge in [-0.3, -0.25) is 4.90 Å². The predicted molar refractivity (Wildman–Crippen MR) is 106 cm³/mol. The normalized spacial score (nSPS) is 23.6. The first kappa shape index (κ1) is 17.7. The van der Waals surface area contributed by atoms with Crippen LogP contribution in [0.1, 0.15) is 38.5 Å². The zero-order valence-corrected chi connectivity index (χ0v) is 16.5. The van der Waals surface area contributed by atoms with E-state index in [1.807, 2.05) is 40.6 Å². The minimum absolute atomic E-state index is 0.705. The highest BCUT2D eigenvalue weighted by Crippen LogP contribution is 2.35. The summed E-state index contributed by atoms with van der Waals surface area (Å²) in [7, 11) is 3.69. The summed E-state index contributed by atoms with van der Waals surface area (Å²) < 4.78 is 10.3. The number of fused-ring (bicyclic) bond motifs is 1. The van der Waals surface area contributed by atoms with Crippen LogP contribution in [-0.4, -0.2) is 38.9 Å². The monoisotopic (exact) mass is 372 g/mol. The third-order valence-corrected chi connectivity index (χ3v) is 6.55. The first-order valence-corrected chi connectivity index (χ1v) is 10.1. The molecule has 4 rings (SSSR count). The van der Waals surface area contributed by atoms with Crippen molar-refractivity contribution in [1.82, 2.24) is 19.2 Å². The summed E-state index contributed by atoms with van der Waals surface area (Å²) in [5, 5.41) is 4.87. The fourth-order valence-electron chi connectivity index (χ4n) is 4.72. The van der Waals surface area contributed by atoms with Crippen LogP contribution >= 0.6 is 12.2 Å². The van der Waals surface area contributed by atoms with Gasteiger partial charge in [0.25, 0.3) is 0 Å². The molecule has 2 fully saturated rings. The lowest BCUT2D eigenvalue weighted by Crippen LogP contribution is -2.47. The van der Waals surface area contributed by atoms with Crippen LogP contribution in [0.5, 0.6) is 5.75 Å². The lowest BCUT2D eigenvalue weighted by molar-refractivity contribution is 0.0323. The Labute approximate surface area is 160 Å². The molecule has 0 unspecified atom stereocenters. The Morgan fingerprint density at radius 3 is 2.77 bits per heavy atom. The van der Waals surface area contributed by atoms with Gasteiger partial charge in [-0.1, -0.05) is 25.0 Å². The van der Waals surface area contributed by atoms with E-state index in [1.54, 1.807) is 7.11 Å². The third-order valence-electron chi connectivity index (χ3n) is 6.06. The minimum Gasteiger partial charge on any atom is -0.496 e. The molecule has 2 atom stereocenters. The Morgan fingerprint density at radius 1 is 1.15 bits per heavy atom. The van der Waals surface area contributed by atoms with Crippen LogP contribution in [0, 0.1) is 10.7 Å². The van der Waals surface area contributed by atoms with E-state index < -0.39 is 0 Å². The van der Waals surface area contributed by atoms with Crippen LogP contribution in [0.2, 0.25) is 0 Å². The van der Waals surface area contributed by atoms with Crippen LogP contribution in [0.4, 0.5) is 0 Å². The number of benzene rings is 1. The van der Waals surface area contributed by atoms with Crippen molar-refractivity contribution < 1.29 is 4.74 Å². The zero-order valence-electron chi connectivity index (χ0n) is 15.7. The fraction of sp³-hybridized carbons (Fsp3) is 0.600. The van der Waals surface area contributed by atoms with Gasteiger partial charge in [-0.25, -0.2) is 4.68 Å². The second-order valence-corrected chi connectivity index (χ2v) is 7.94. The van der Waals surface area contributed by atoms with Gasteiger partial charge in [0.15, 0.2) is 10.6 Å². The van der Waals surface area contributed by atoms with Crippen molar-refractivity contribution in [3.8, 4) is 17.1 Å². The average molecular weight is 373 g/mol. The maximum Gasteiger partial charge on any atom is 0.199 e. The molecule has 1 aromatic heterocycles. The summed E-state index contributed by atoms with van der Waals surface area (Å²) in [5.74, 6) is 2.56. The molecule has 0 spiro atoms. The number of para-hydroxylation sites is 1. The molecule has 26 heavy (non-hydrogen) atoms. The smallest absolute Gasteiger partial charge is 0.199 e. The Morgan fingerprint density at radius 2 is 1.92 bits per heavy atom. The molecular weight excluding hydrogens is 344 g/mol. The molecule has 1 aliphatic carbocycles. The third kappa shape index (κ3) is 3.21. The van der Waals surface area contributed by atoms with Crippen molar-refractivity contribution in [3.05, 3.63) is 29.0 Å². The van der Waals surface area contributed by atoms with Crippen LogP contribution < -0.4 is 4.74 Å². The number of hydrogen-bond donors (Lipinski definition) is 0. The van der Waals surface area contributed by atoms with Crippen molar-refractivity contribution in [2.45, 2.75) is 51.2 Å². The first-order chi connectivity index (χ1) is 12.7. The molecule has 2 heterocycles. The standard InChI is InChI=1S/C20H28N4OS/c1-22-19(16-10-4-6-12-18(16)25-2)21-24(20(22)26)14-23-13-7-9-15-8-3-5-11-17(15)23/h4,6,10,12,15,17H,3,5,7-9,11,13-14H2,1-2H3/t15-,17+/m1/s1. The van der Waals surface area contributed by atoms with Gasteiger partial charge in [0.05, 0.1) is 19.3 Å². The maximum atomic E-state index is 5.70. The van der Waals surface area contributed by atoms with Crippen LogP contribution in [0.3, 0.4) is 0 Å². The second-order valence-electron chi connectivity index (χ2n) is 7.57. The Kier molecular flexibility index (Phi) is 5.14. The van der Waals surface area contributed by atoms with E-state index >= 15 is 0 Å². The largest absolute Gasteiger partial charge is 0.496 e. The van der Waals surface area contributed by atoms with E-state index in [0.717, 1.165) is 41.0 Å². The fourth-order valence-corrected chi connectivity index (χ4v) is 4.90. The molecule has 140 valence electrons. The van der Waals surface area contributed by atoms with Gasteiger partial charge in [0.1, 0.15) is 5.75 Å². The predicted octanol–water partition coefficient (Wildman–Crippen LogP) is 4.24. The molecule has 1 aromatic carbocycles. The summed E-state index contributed by atoms with van der Waals surface area (Å²) in [6.07, 6.45) is 8.15. The highest BCUT2D eigenvalue weighted by Gasteiger charge is 2.33. The van der Waals surface area contributed by atoms with Crippen molar-refractivity contribution in [2.75, 3.05) is 13.7 Å². The van der Waals surface area contributed by atoms with E-state index in [2.05, 4.69) is 4.90 Å². The summed E-state index contributed by atoms with van der Waals surface area (Å²) >= 11 is 5.70. The van der Waals surface area contributed by atoms with Gasteiger partial charge >= 0.3 is 0 Å². The number of aromatic nitrogens is 3. The minimum atomic E-state index is 0.705. The molecule has 0 amide bonds. The zero-order chi connectivity index (χ0) is 18.1. The van der Waals surface area contributed by atoms with Crippen LogP contribution in [-0.2, 0) is 13.7 Å². The molecule has 2 aliphatic rings. The second kappa shape index (κ2) is 7.53. The molecule has 5 nitrogen and oxygen atoms in total. The SMILES string of the molecule is COc1ccccc1-c1nn(CN2CCC[C@H]3CCCC[C@@H]32)c(=S)n1C. The van der Waals surface area contributed by atoms with Gasteiger partial charge in [-0.2, -0.15) is 5.10 Å². The van der Waals surface area contributed by atoms with Crippen LogP contribution in [0.15, 0.2) is 24.3 Å². The molecular formula is C20H28N4OS. The van der Waals surface area contributed by atoms with E-state index in [9.17, 15) is 0 Å². The Hall–Kier alpha value is -1.66. The lowest BCUT2D eigenvalue weighted by atomic mass is 9.78. The van der Waals surface area contributed by atoms with Gasteiger partial charge in [-0.05, 0) is 56.0 Å². The van der Waals surface area contributed by atoms with E-state index in [0.29, 0.717) is 6.04 Å². The Balaban J connectivity index is 1.63. The van der Waals surface area contributed by atoms with Gasteiger partial charge < -0.3 is 9.30 Å². The molecule has 0 bridgehead atoms. The quantitative estimate of drug-likeness (QED) is 0.752. The average Bonchev–Trinajstić information content (AvgIpc) is 2.96. The number of likely N-dealkylation sites (tertiary alicyclic amines) is 1. The summed E-state index contributed by atoms with van der Waals surface area (Å²) in [6.45, 7) is 1.95. The number of ether oxygens (including phenoxy) is 1. The topological polar surface area (TPSA) is 35.2 Å². The number of nitrogens with zero attached hydrogens (tertiary/aromatic N) is 4. The van der Waals surface area contributed by atoms with Gasteiger partial charge in [-0.15, -0.1) is 0 Å². The highest BCUT2D eigenvalue weighted by atomic mass is 32.1. The molecule has 1 aliphatic heterocycles. The summed E-state index contributed by atoms with van der Waals surface area (Å²) in [4.78, 5) is 2.61. The number of rotatable bonds is 4. The van der Waals surface area contributed by atoms with Crippen LogP contribution in [0.25, 0.3) is 11.4 Å². The van der Waals surface area contributed by atoms with Crippen molar-refractivity contribution in [2.24, 2.45) is 13.0 Å². The maximum absolute atomic E-state index is 5.70. The molecule has 0 radical (unpaired) electrons. The Bertz CT molecular complexity index is 825. The van der Waals surface area contributed by atoms with Gasteiger partial charge in [0, 0.05) is 19.6 Å². The van der Waals surface area contributed by atoms with Crippen molar-refractivity contribution in [1.29, 1.82) is 0 Å². The van der Waals surface area contributed by atoms with Crippen molar-refractivity contribution >= 4 is 12.2 Å². The number of hydrogen-bond acceptors (Lipinski definition) is 4. The van der Waals surface area contributed by atoms with E-state index in [4.69, 9.17) is 22.1 Å². The van der Waals surface area contributed by atoms with E-state index in [-0.39, 0.29) is 0 Å². The summed E-state index contributed by atoms with van der Waals surface area (Å²) in [6, 6.07) is 8.70. The lowest BCUT2D eigenvalue weighted by Gasteiger charge is -2.43. The number of methoxy groups -OCH3 is 1. The van der Waals surface area contributed by atoms with Crippen molar-refractivity contribution in [3.63, 3.8) is 0 Å².